The highest BCUT2D eigenvalue weighted by atomic mass is 127. The first-order valence-electron chi connectivity index (χ1n) is 8.26. The largest absolute Gasteiger partial charge is 0.370 e. The van der Waals surface area contributed by atoms with Crippen LogP contribution in [0.4, 0.5) is 0 Å². The van der Waals surface area contributed by atoms with E-state index in [1.54, 1.807) is 0 Å². The van der Waals surface area contributed by atoms with E-state index in [2.05, 4.69) is 36.2 Å². The molecular weight excluding hydrogens is 375 g/mol. The van der Waals surface area contributed by atoms with E-state index in [0.717, 1.165) is 19.6 Å². The molecular formula is C16H35IN4. The van der Waals surface area contributed by atoms with E-state index in [-0.39, 0.29) is 24.0 Å². The third kappa shape index (κ3) is 8.86. The van der Waals surface area contributed by atoms with Gasteiger partial charge in [-0.05, 0) is 33.4 Å². The maximum Gasteiger partial charge on any atom is 0.188 e. The molecule has 0 radical (unpaired) electrons. The normalized spacial score (nSPS) is 17.8. The Labute approximate surface area is 148 Å². The average molecular weight is 410 g/mol. The van der Waals surface area contributed by atoms with E-state index in [1.165, 1.54) is 51.4 Å². The Morgan fingerprint density at radius 1 is 1.19 bits per heavy atom. The fourth-order valence-corrected chi connectivity index (χ4v) is 3.24. The summed E-state index contributed by atoms with van der Waals surface area (Å²) in [6.45, 7) is 5.18. The van der Waals surface area contributed by atoms with E-state index in [0.29, 0.717) is 11.4 Å². The van der Waals surface area contributed by atoms with Crippen LogP contribution in [-0.4, -0.2) is 44.6 Å². The lowest BCUT2D eigenvalue weighted by Crippen LogP contribution is -2.37. The summed E-state index contributed by atoms with van der Waals surface area (Å²) in [5.74, 6) is 0.631. The highest BCUT2D eigenvalue weighted by Gasteiger charge is 2.34. The molecule has 0 spiro atoms. The van der Waals surface area contributed by atoms with Crippen molar-refractivity contribution >= 4 is 29.9 Å². The zero-order valence-electron chi connectivity index (χ0n) is 14.2. The van der Waals surface area contributed by atoms with Crippen molar-refractivity contribution in [1.82, 2.24) is 10.2 Å². The number of halogens is 1. The first kappa shape index (κ1) is 21.0. The minimum Gasteiger partial charge on any atom is -0.370 e. The second-order valence-corrected chi connectivity index (χ2v) is 6.63. The quantitative estimate of drug-likeness (QED) is 0.266. The molecule has 0 aromatic heterocycles. The minimum absolute atomic E-state index is 0. The monoisotopic (exact) mass is 410 g/mol. The van der Waals surface area contributed by atoms with Crippen molar-refractivity contribution in [3.05, 3.63) is 0 Å². The number of guanidine groups is 1. The maximum absolute atomic E-state index is 5.98. The molecule has 0 aromatic rings. The predicted molar refractivity (Wildman–Crippen MR) is 104 cm³/mol. The standard InChI is InChI=1S/C16H34N4.HI/c1-4-5-6-9-12-18-15(17)19-13-16(14-20(2)3)10-7-8-11-16;/h4-14H2,1-3H3,(H3,17,18,19);1H. The zero-order chi connectivity index (χ0) is 14.8. The van der Waals surface area contributed by atoms with Crippen LogP contribution in [0.25, 0.3) is 0 Å². The molecule has 126 valence electrons. The second kappa shape index (κ2) is 11.5. The van der Waals surface area contributed by atoms with Crippen LogP contribution < -0.4 is 11.1 Å². The van der Waals surface area contributed by atoms with Crippen molar-refractivity contribution in [3.8, 4) is 0 Å². The number of aliphatic imine (C=N–C) groups is 1. The van der Waals surface area contributed by atoms with Crippen molar-refractivity contribution in [1.29, 1.82) is 0 Å². The molecule has 0 atom stereocenters. The van der Waals surface area contributed by atoms with E-state index in [1.807, 2.05) is 0 Å². The van der Waals surface area contributed by atoms with Crippen molar-refractivity contribution in [3.63, 3.8) is 0 Å². The summed E-state index contributed by atoms with van der Waals surface area (Å²) in [6.07, 6.45) is 10.3. The number of nitrogens with two attached hydrogens (primary N) is 1. The van der Waals surface area contributed by atoms with Gasteiger partial charge in [0.1, 0.15) is 0 Å². The van der Waals surface area contributed by atoms with Gasteiger partial charge in [0.05, 0.1) is 0 Å². The molecule has 0 bridgehead atoms. The van der Waals surface area contributed by atoms with E-state index in [4.69, 9.17) is 5.73 Å². The summed E-state index contributed by atoms with van der Waals surface area (Å²) in [5.41, 5.74) is 6.34. The van der Waals surface area contributed by atoms with Gasteiger partial charge in [0, 0.05) is 25.0 Å². The number of unbranched alkanes of at least 4 members (excludes halogenated alkanes) is 3. The van der Waals surface area contributed by atoms with Crippen LogP contribution >= 0.6 is 24.0 Å². The first-order chi connectivity index (χ1) is 9.58. The Bertz CT molecular complexity index is 286. The van der Waals surface area contributed by atoms with Gasteiger partial charge in [-0.2, -0.15) is 0 Å². The van der Waals surface area contributed by atoms with Gasteiger partial charge in [0.2, 0.25) is 0 Å². The summed E-state index contributed by atoms with van der Waals surface area (Å²) in [5, 5.41) is 3.25. The fraction of sp³-hybridized carbons (Fsp3) is 0.938. The third-order valence-electron chi connectivity index (χ3n) is 4.24. The van der Waals surface area contributed by atoms with Crippen LogP contribution in [0.5, 0.6) is 0 Å². The van der Waals surface area contributed by atoms with Gasteiger partial charge in [0.25, 0.3) is 0 Å². The van der Waals surface area contributed by atoms with Gasteiger partial charge in [0.15, 0.2) is 5.96 Å². The lowest BCUT2D eigenvalue weighted by molar-refractivity contribution is 0.210. The molecule has 5 heteroatoms. The molecule has 0 amide bonds. The fourth-order valence-electron chi connectivity index (χ4n) is 3.24. The van der Waals surface area contributed by atoms with E-state index < -0.39 is 0 Å². The molecule has 0 aliphatic heterocycles. The number of hydrogen-bond acceptors (Lipinski definition) is 2. The molecule has 1 rings (SSSR count). The van der Waals surface area contributed by atoms with Crippen LogP contribution in [0.3, 0.4) is 0 Å². The van der Waals surface area contributed by atoms with Crippen LogP contribution in [0.2, 0.25) is 0 Å². The average Bonchev–Trinajstić information content (AvgIpc) is 2.84. The van der Waals surface area contributed by atoms with Gasteiger partial charge in [-0.3, -0.25) is 4.99 Å². The number of rotatable bonds is 9. The minimum atomic E-state index is 0. The molecule has 1 aliphatic carbocycles. The highest BCUT2D eigenvalue weighted by Crippen LogP contribution is 2.38. The molecule has 4 nitrogen and oxygen atoms in total. The first-order valence-corrected chi connectivity index (χ1v) is 8.26. The SMILES string of the molecule is CCCCCCNC(N)=NCC1(CN(C)C)CCCC1.I. The Morgan fingerprint density at radius 3 is 2.43 bits per heavy atom. The van der Waals surface area contributed by atoms with Gasteiger partial charge in [-0.1, -0.05) is 39.0 Å². The lowest BCUT2D eigenvalue weighted by atomic mass is 9.86. The molecule has 1 aliphatic rings. The van der Waals surface area contributed by atoms with Crippen LogP contribution in [-0.2, 0) is 0 Å². The van der Waals surface area contributed by atoms with Crippen LogP contribution in [0, 0.1) is 5.41 Å². The molecule has 21 heavy (non-hydrogen) atoms. The number of hydrogen-bond donors (Lipinski definition) is 2. The van der Waals surface area contributed by atoms with Crippen molar-refractivity contribution < 1.29 is 0 Å². The summed E-state index contributed by atoms with van der Waals surface area (Å²) in [7, 11) is 4.30. The highest BCUT2D eigenvalue weighted by molar-refractivity contribution is 14.0. The summed E-state index contributed by atoms with van der Waals surface area (Å²) >= 11 is 0. The molecule has 1 fully saturated rings. The molecule has 1 saturated carbocycles. The zero-order valence-corrected chi connectivity index (χ0v) is 16.5. The van der Waals surface area contributed by atoms with Crippen molar-refractivity contribution in [2.24, 2.45) is 16.1 Å². The summed E-state index contributed by atoms with van der Waals surface area (Å²) in [4.78, 5) is 6.89. The second-order valence-electron chi connectivity index (χ2n) is 6.63. The van der Waals surface area contributed by atoms with Crippen molar-refractivity contribution in [2.75, 3.05) is 33.7 Å². The number of nitrogens with one attached hydrogen (secondary N) is 1. The Kier molecular flexibility index (Phi) is 11.5. The molecule has 3 N–H and O–H groups in total. The van der Waals surface area contributed by atoms with E-state index in [9.17, 15) is 0 Å². The predicted octanol–water partition coefficient (Wildman–Crippen LogP) is 3.21. The maximum atomic E-state index is 5.98. The third-order valence-corrected chi connectivity index (χ3v) is 4.24. The Morgan fingerprint density at radius 2 is 1.86 bits per heavy atom. The van der Waals surface area contributed by atoms with Crippen molar-refractivity contribution in [2.45, 2.75) is 58.3 Å². The summed E-state index contributed by atoms with van der Waals surface area (Å²) < 4.78 is 0. The van der Waals surface area contributed by atoms with Crippen LogP contribution in [0.15, 0.2) is 4.99 Å². The molecule has 0 heterocycles. The smallest absolute Gasteiger partial charge is 0.188 e. The van der Waals surface area contributed by atoms with Gasteiger partial charge < -0.3 is 16.0 Å². The van der Waals surface area contributed by atoms with Crippen LogP contribution in [0.1, 0.15) is 58.3 Å². The topological polar surface area (TPSA) is 53.6 Å². The Balaban J connectivity index is 0.00000400. The molecule has 0 aromatic carbocycles. The molecule has 0 saturated heterocycles. The van der Waals surface area contributed by atoms with Gasteiger partial charge in [-0.15, -0.1) is 24.0 Å². The Hall–Kier alpha value is -0.0400. The lowest BCUT2D eigenvalue weighted by Gasteiger charge is -2.30. The van der Waals surface area contributed by atoms with Gasteiger partial charge >= 0.3 is 0 Å². The molecule has 0 unspecified atom stereocenters. The summed E-state index contributed by atoms with van der Waals surface area (Å²) in [6, 6.07) is 0. The van der Waals surface area contributed by atoms with E-state index >= 15 is 0 Å². The van der Waals surface area contributed by atoms with Gasteiger partial charge in [-0.25, -0.2) is 0 Å². The number of nitrogens with zero attached hydrogens (tertiary/aromatic N) is 2.